The van der Waals surface area contributed by atoms with Crippen molar-refractivity contribution < 1.29 is 9.53 Å². The molecule has 1 amide bonds. The van der Waals surface area contributed by atoms with E-state index >= 15 is 0 Å². The van der Waals surface area contributed by atoms with Crippen molar-refractivity contribution in [3.8, 4) is 28.4 Å². The first-order valence-corrected chi connectivity index (χ1v) is 12.8. The number of amides is 1. The van der Waals surface area contributed by atoms with Gasteiger partial charge in [-0.15, -0.1) is 0 Å². The number of rotatable bonds is 8. The van der Waals surface area contributed by atoms with Crippen LogP contribution in [0.2, 0.25) is 0 Å². The lowest BCUT2D eigenvalue weighted by Crippen LogP contribution is -2.29. The van der Waals surface area contributed by atoms with Gasteiger partial charge in [0.2, 0.25) is 0 Å². The third-order valence-corrected chi connectivity index (χ3v) is 6.61. The van der Waals surface area contributed by atoms with Gasteiger partial charge < -0.3 is 14.6 Å². The van der Waals surface area contributed by atoms with E-state index < -0.39 is 0 Å². The smallest absolute Gasteiger partial charge is 0.270 e. The minimum absolute atomic E-state index is 0.152. The zero-order chi connectivity index (χ0) is 25.8. The Labute approximate surface area is 217 Å². The third-order valence-electron chi connectivity index (χ3n) is 6.61. The molecule has 1 heterocycles. The number of aromatic nitrogens is 2. The predicted molar refractivity (Wildman–Crippen MR) is 150 cm³/mol. The van der Waals surface area contributed by atoms with Crippen LogP contribution < -0.4 is 10.1 Å². The maximum absolute atomic E-state index is 14.0. The second-order valence-corrected chi connectivity index (χ2v) is 8.96. The fourth-order valence-electron chi connectivity index (χ4n) is 4.85. The minimum Gasteiger partial charge on any atom is -0.494 e. The molecule has 5 rings (SSSR count). The standard InChI is InChI=1S/C32H31N3O2/c1-4-35-30(32(36)33-22(3)27-17-11-15-23-12-9-10-16-28(23)27)29(24-18-20-26(21-19-24)37-5-2)34-31(35)25-13-7-6-8-14-25/h6-22H,4-5H2,1-3H3,(H,33,36). The second kappa shape index (κ2) is 10.7. The summed E-state index contributed by atoms with van der Waals surface area (Å²) in [5.41, 5.74) is 4.14. The highest BCUT2D eigenvalue weighted by Gasteiger charge is 2.26. The maximum atomic E-state index is 14.0. The molecule has 0 bridgehead atoms. The van der Waals surface area contributed by atoms with Crippen molar-refractivity contribution in [2.75, 3.05) is 6.61 Å². The van der Waals surface area contributed by atoms with Crippen LogP contribution in [-0.4, -0.2) is 22.1 Å². The zero-order valence-electron chi connectivity index (χ0n) is 21.4. The van der Waals surface area contributed by atoms with Gasteiger partial charge in [0, 0.05) is 17.7 Å². The molecule has 1 atom stereocenters. The SMILES string of the molecule is CCOc1ccc(-c2nc(-c3ccccc3)n(CC)c2C(=O)NC(C)c2cccc3ccccc23)cc1. The summed E-state index contributed by atoms with van der Waals surface area (Å²) in [5, 5.41) is 5.55. The zero-order valence-corrected chi connectivity index (χ0v) is 21.4. The van der Waals surface area contributed by atoms with Crippen molar-refractivity contribution in [1.29, 1.82) is 0 Å². The molecule has 4 aromatic carbocycles. The van der Waals surface area contributed by atoms with E-state index in [1.54, 1.807) is 0 Å². The van der Waals surface area contributed by atoms with Gasteiger partial charge in [-0.2, -0.15) is 0 Å². The number of nitrogens with zero attached hydrogens (tertiary/aromatic N) is 2. The van der Waals surface area contributed by atoms with E-state index in [-0.39, 0.29) is 11.9 Å². The van der Waals surface area contributed by atoms with Crippen molar-refractivity contribution in [1.82, 2.24) is 14.9 Å². The van der Waals surface area contributed by atoms with Crippen LogP contribution in [0.1, 0.15) is 42.9 Å². The van der Waals surface area contributed by atoms with Crippen LogP contribution in [0.15, 0.2) is 97.1 Å². The lowest BCUT2D eigenvalue weighted by molar-refractivity contribution is 0.0931. The predicted octanol–water partition coefficient (Wildman–Crippen LogP) is 7.28. The summed E-state index contributed by atoms with van der Waals surface area (Å²) in [5.74, 6) is 1.41. The third kappa shape index (κ3) is 4.85. The largest absolute Gasteiger partial charge is 0.494 e. The quantitative estimate of drug-likeness (QED) is 0.249. The van der Waals surface area contributed by atoms with Crippen LogP contribution in [0.3, 0.4) is 0 Å². The summed E-state index contributed by atoms with van der Waals surface area (Å²) in [6, 6.07) is 32.1. The summed E-state index contributed by atoms with van der Waals surface area (Å²) in [6.45, 7) is 7.24. The van der Waals surface area contributed by atoms with Gasteiger partial charge in [0.15, 0.2) is 0 Å². The molecule has 0 aliphatic rings. The Morgan fingerprint density at radius 3 is 2.30 bits per heavy atom. The van der Waals surface area contributed by atoms with Crippen molar-refractivity contribution in [3.05, 3.63) is 108 Å². The van der Waals surface area contributed by atoms with E-state index in [1.807, 2.05) is 98.1 Å². The molecule has 1 aromatic heterocycles. The Balaban J connectivity index is 1.58. The molecular weight excluding hydrogens is 458 g/mol. The molecule has 5 nitrogen and oxygen atoms in total. The Hall–Kier alpha value is -4.38. The fourth-order valence-corrected chi connectivity index (χ4v) is 4.85. The van der Waals surface area contributed by atoms with Gasteiger partial charge >= 0.3 is 0 Å². The van der Waals surface area contributed by atoms with Gasteiger partial charge in [-0.25, -0.2) is 4.98 Å². The molecule has 0 fully saturated rings. The molecule has 37 heavy (non-hydrogen) atoms. The van der Waals surface area contributed by atoms with Crippen LogP contribution >= 0.6 is 0 Å². The van der Waals surface area contributed by atoms with Crippen molar-refractivity contribution in [2.45, 2.75) is 33.4 Å². The van der Waals surface area contributed by atoms with Crippen LogP contribution in [-0.2, 0) is 6.54 Å². The number of ether oxygens (including phenoxy) is 1. The van der Waals surface area contributed by atoms with Crippen LogP contribution in [0.4, 0.5) is 0 Å². The average Bonchev–Trinajstić information content (AvgIpc) is 3.33. The summed E-state index contributed by atoms with van der Waals surface area (Å²) in [4.78, 5) is 19.0. The van der Waals surface area contributed by atoms with Gasteiger partial charge in [0.1, 0.15) is 23.0 Å². The highest BCUT2D eigenvalue weighted by Crippen LogP contribution is 2.32. The number of carbonyl (C=O) groups excluding carboxylic acids is 1. The van der Waals surface area contributed by atoms with Crippen LogP contribution in [0.25, 0.3) is 33.4 Å². The minimum atomic E-state index is -0.188. The number of carbonyl (C=O) groups is 1. The summed E-state index contributed by atoms with van der Waals surface area (Å²) in [7, 11) is 0. The Bertz CT molecular complexity index is 1520. The second-order valence-electron chi connectivity index (χ2n) is 8.96. The fraction of sp³-hybridized carbons (Fsp3) is 0.188. The Morgan fingerprint density at radius 1 is 0.865 bits per heavy atom. The summed E-state index contributed by atoms with van der Waals surface area (Å²) >= 11 is 0. The number of hydrogen-bond acceptors (Lipinski definition) is 3. The first-order valence-electron chi connectivity index (χ1n) is 12.8. The number of imidazole rings is 1. The summed E-state index contributed by atoms with van der Waals surface area (Å²) < 4.78 is 7.63. The normalized spacial score (nSPS) is 11.9. The van der Waals surface area contributed by atoms with E-state index in [2.05, 4.69) is 29.6 Å². The maximum Gasteiger partial charge on any atom is 0.270 e. The first kappa shape index (κ1) is 24.3. The van der Waals surface area contributed by atoms with Crippen LogP contribution in [0, 0.1) is 0 Å². The van der Waals surface area contributed by atoms with Gasteiger partial charge in [0.25, 0.3) is 5.91 Å². The Morgan fingerprint density at radius 2 is 1.57 bits per heavy atom. The molecule has 0 aliphatic heterocycles. The molecule has 1 unspecified atom stereocenters. The number of nitrogens with one attached hydrogen (secondary N) is 1. The van der Waals surface area contributed by atoms with Gasteiger partial charge in [0.05, 0.1) is 12.6 Å². The topological polar surface area (TPSA) is 56.2 Å². The highest BCUT2D eigenvalue weighted by atomic mass is 16.5. The molecule has 1 N–H and O–H groups in total. The van der Waals surface area contributed by atoms with Crippen molar-refractivity contribution >= 4 is 16.7 Å². The molecular formula is C32H31N3O2. The average molecular weight is 490 g/mol. The molecule has 0 spiro atoms. The van der Waals surface area contributed by atoms with E-state index in [1.165, 1.54) is 0 Å². The van der Waals surface area contributed by atoms with Gasteiger partial charge in [-0.1, -0.05) is 72.8 Å². The number of fused-ring (bicyclic) bond motifs is 1. The molecule has 5 heteroatoms. The summed E-state index contributed by atoms with van der Waals surface area (Å²) in [6.07, 6.45) is 0. The molecule has 0 saturated carbocycles. The van der Waals surface area contributed by atoms with Crippen LogP contribution in [0.5, 0.6) is 5.75 Å². The first-order chi connectivity index (χ1) is 18.1. The monoisotopic (exact) mass is 489 g/mol. The van der Waals surface area contributed by atoms with E-state index in [0.717, 1.165) is 39.0 Å². The van der Waals surface area contributed by atoms with Crippen molar-refractivity contribution in [2.24, 2.45) is 0 Å². The molecule has 0 saturated heterocycles. The molecule has 186 valence electrons. The number of hydrogen-bond donors (Lipinski definition) is 1. The van der Waals surface area contributed by atoms with Gasteiger partial charge in [-0.3, -0.25) is 4.79 Å². The number of benzene rings is 4. The Kier molecular flexibility index (Phi) is 7.04. The van der Waals surface area contributed by atoms with Crippen molar-refractivity contribution in [3.63, 3.8) is 0 Å². The molecule has 5 aromatic rings. The van der Waals surface area contributed by atoms with E-state index in [9.17, 15) is 4.79 Å². The lowest BCUT2D eigenvalue weighted by atomic mass is 9.99. The molecule has 0 aliphatic carbocycles. The lowest BCUT2D eigenvalue weighted by Gasteiger charge is -2.18. The molecule has 0 radical (unpaired) electrons. The van der Waals surface area contributed by atoms with E-state index in [0.29, 0.717) is 24.5 Å². The van der Waals surface area contributed by atoms with Gasteiger partial charge in [-0.05, 0) is 61.4 Å². The van der Waals surface area contributed by atoms with E-state index in [4.69, 9.17) is 9.72 Å². The highest BCUT2D eigenvalue weighted by molar-refractivity contribution is 6.00.